The van der Waals surface area contributed by atoms with Crippen LogP contribution in [-0.2, 0) is 17.8 Å². The number of nitrogens with zero attached hydrogens (tertiary/aromatic N) is 2. The maximum atomic E-state index is 12.5. The maximum Gasteiger partial charge on any atom is 0.240 e. The summed E-state index contributed by atoms with van der Waals surface area (Å²) in [5.74, 6) is 0.0369. The lowest BCUT2D eigenvalue weighted by Gasteiger charge is -2.26. The van der Waals surface area contributed by atoms with E-state index >= 15 is 0 Å². The zero-order chi connectivity index (χ0) is 15.6. The summed E-state index contributed by atoms with van der Waals surface area (Å²) in [6.07, 6.45) is 4.97. The molecule has 4 nitrogen and oxygen atoms in total. The van der Waals surface area contributed by atoms with Crippen LogP contribution in [0.1, 0.15) is 30.0 Å². The highest BCUT2D eigenvalue weighted by atomic mass is 16.2. The summed E-state index contributed by atoms with van der Waals surface area (Å²) >= 11 is 0. The third kappa shape index (κ3) is 2.72. The number of imidazole rings is 1. The number of nitrogens with one attached hydrogen (secondary N) is 1. The number of fused-ring (bicyclic) bond motifs is 2. The number of hydrogen-bond donors (Lipinski definition) is 1. The van der Waals surface area contributed by atoms with Gasteiger partial charge in [0.25, 0.3) is 0 Å². The fraction of sp³-hybridized carbons (Fsp3) is 0.263. The summed E-state index contributed by atoms with van der Waals surface area (Å²) in [6, 6.07) is 16.4. The minimum Gasteiger partial charge on any atom is -0.348 e. The number of amides is 1. The molecule has 4 heteroatoms. The van der Waals surface area contributed by atoms with Crippen molar-refractivity contribution in [2.45, 2.75) is 31.8 Å². The Morgan fingerprint density at radius 1 is 1.17 bits per heavy atom. The Morgan fingerprint density at radius 2 is 2.00 bits per heavy atom. The molecule has 116 valence electrons. The number of rotatable bonds is 3. The highest BCUT2D eigenvalue weighted by molar-refractivity contribution is 5.80. The highest BCUT2D eigenvalue weighted by Crippen LogP contribution is 2.29. The van der Waals surface area contributed by atoms with Crippen molar-refractivity contribution in [1.82, 2.24) is 14.9 Å². The molecule has 23 heavy (non-hydrogen) atoms. The first-order valence-corrected chi connectivity index (χ1v) is 8.08. The third-order valence-electron chi connectivity index (χ3n) is 4.55. The zero-order valence-corrected chi connectivity index (χ0v) is 12.9. The van der Waals surface area contributed by atoms with Crippen LogP contribution in [-0.4, -0.2) is 15.5 Å². The predicted octanol–water partition coefficient (Wildman–Crippen LogP) is 3.23. The van der Waals surface area contributed by atoms with E-state index < -0.39 is 0 Å². The molecule has 4 rings (SSSR count). The van der Waals surface area contributed by atoms with Crippen LogP contribution in [0.3, 0.4) is 0 Å². The smallest absolute Gasteiger partial charge is 0.240 e. The van der Waals surface area contributed by atoms with E-state index in [1.807, 2.05) is 34.9 Å². The Kier molecular flexibility index (Phi) is 3.58. The van der Waals surface area contributed by atoms with Gasteiger partial charge < -0.3 is 9.88 Å². The van der Waals surface area contributed by atoms with E-state index in [4.69, 9.17) is 0 Å². The first-order chi connectivity index (χ1) is 11.3. The molecular formula is C19H19N3O. The van der Waals surface area contributed by atoms with Gasteiger partial charge in [-0.1, -0.05) is 36.4 Å². The Bertz CT molecular complexity index is 852. The Balaban J connectivity index is 1.51. The van der Waals surface area contributed by atoms with Gasteiger partial charge in [0.15, 0.2) is 0 Å². The molecule has 1 aromatic heterocycles. The molecule has 1 amide bonds. The molecule has 1 heterocycles. The van der Waals surface area contributed by atoms with Crippen molar-refractivity contribution in [3.05, 3.63) is 66.0 Å². The van der Waals surface area contributed by atoms with Gasteiger partial charge in [0, 0.05) is 0 Å². The molecule has 0 fully saturated rings. The van der Waals surface area contributed by atoms with E-state index in [0.29, 0.717) is 6.54 Å². The van der Waals surface area contributed by atoms with Crippen molar-refractivity contribution in [2.75, 3.05) is 0 Å². The van der Waals surface area contributed by atoms with Crippen molar-refractivity contribution >= 4 is 16.9 Å². The summed E-state index contributed by atoms with van der Waals surface area (Å²) in [4.78, 5) is 16.8. The van der Waals surface area contributed by atoms with Crippen LogP contribution in [0.4, 0.5) is 0 Å². The van der Waals surface area contributed by atoms with Crippen LogP contribution in [0.25, 0.3) is 11.0 Å². The van der Waals surface area contributed by atoms with Crippen LogP contribution in [0.5, 0.6) is 0 Å². The predicted molar refractivity (Wildman–Crippen MR) is 90.0 cm³/mol. The quantitative estimate of drug-likeness (QED) is 0.807. The number of carbonyl (C=O) groups is 1. The lowest BCUT2D eigenvalue weighted by atomic mass is 9.88. The first-order valence-electron chi connectivity index (χ1n) is 8.08. The number of carbonyl (C=O) groups excluding carboxylic acids is 1. The zero-order valence-electron chi connectivity index (χ0n) is 12.9. The van der Waals surface area contributed by atoms with Gasteiger partial charge in [0.2, 0.25) is 5.91 Å². The summed E-state index contributed by atoms with van der Waals surface area (Å²) < 4.78 is 1.90. The number of aromatic nitrogens is 2. The molecule has 1 aliphatic rings. The van der Waals surface area contributed by atoms with E-state index in [1.165, 1.54) is 11.1 Å². The topological polar surface area (TPSA) is 46.9 Å². The molecule has 0 unspecified atom stereocenters. The van der Waals surface area contributed by atoms with Crippen LogP contribution < -0.4 is 5.32 Å². The van der Waals surface area contributed by atoms with E-state index in [2.05, 4.69) is 28.5 Å². The standard InChI is InChI=1S/C19H19N3O/c23-19(12-22-13-20-17-9-3-4-11-18(17)22)21-16-10-5-7-14-6-1-2-8-15(14)16/h1-4,6,8-9,11,13,16H,5,7,10,12H2,(H,21,23)/t16-/m1/s1. The van der Waals surface area contributed by atoms with Crippen molar-refractivity contribution < 1.29 is 4.79 Å². The maximum absolute atomic E-state index is 12.5. The largest absolute Gasteiger partial charge is 0.348 e. The molecule has 1 aliphatic carbocycles. The molecular weight excluding hydrogens is 286 g/mol. The lowest BCUT2D eigenvalue weighted by Crippen LogP contribution is -2.33. The third-order valence-corrected chi connectivity index (χ3v) is 4.55. The molecule has 0 bridgehead atoms. The van der Waals surface area contributed by atoms with Crippen LogP contribution in [0.15, 0.2) is 54.9 Å². The van der Waals surface area contributed by atoms with Gasteiger partial charge in [-0.3, -0.25) is 4.79 Å². The summed E-state index contributed by atoms with van der Waals surface area (Å²) in [7, 11) is 0. The molecule has 3 aromatic rings. The van der Waals surface area contributed by atoms with Crippen LogP contribution in [0.2, 0.25) is 0 Å². The second kappa shape index (κ2) is 5.88. The molecule has 2 aromatic carbocycles. The summed E-state index contributed by atoms with van der Waals surface area (Å²) in [5.41, 5.74) is 4.54. The van der Waals surface area contributed by atoms with Gasteiger partial charge in [-0.25, -0.2) is 4.98 Å². The minimum absolute atomic E-state index is 0.0369. The number of benzene rings is 2. The minimum atomic E-state index is 0.0369. The second-order valence-corrected chi connectivity index (χ2v) is 6.07. The molecule has 1 N–H and O–H groups in total. The van der Waals surface area contributed by atoms with Gasteiger partial charge >= 0.3 is 0 Å². The Hall–Kier alpha value is -2.62. The van der Waals surface area contributed by atoms with Crippen molar-refractivity contribution in [3.63, 3.8) is 0 Å². The number of aryl methyl sites for hydroxylation is 1. The van der Waals surface area contributed by atoms with E-state index in [-0.39, 0.29) is 11.9 Å². The SMILES string of the molecule is O=C(Cn1cnc2ccccc21)N[C@@H]1CCCc2ccccc21. The second-order valence-electron chi connectivity index (χ2n) is 6.07. The average molecular weight is 305 g/mol. The molecule has 0 saturated heterocycles. The normalized spacial score (nSPS) is 17.0. The fourth-order valence-electron chi connectivity index (χ4n) is 3.43. The Labute approximate surface area is 135 Å². The molecule has 0 radical (unpaired) electrons. The van der Waals surface area contributed by atoms with Crippen molar-refractivity contribution in [2.24, 2.45) is 0 Å². The van der Waals surface area contributed by atoms with Gasteiger partial charge in [-0.05, 0) is 42.5 Å². The van der Waals surface area contributed by atoms with E-state index in [9.17, 15) is 4.79 Å². The van der Waals surface area contributed by atoms with Gasteiger partial charge in [-0.2, -0.15) is 0 Å². The molecule has 0 spiro atoms. The van der Waals surface area contributed by atoms with Crippen molar-refractivity contribution in [1.29, 1.82) is 0 Å². The molecule has 0 aliphatic heterocycles. The lowest BCUT2D eigenvalue weighted by molar-refractivity contribution is -0.122. The van der Waals surface area contributed by atoms with Crippen molar-refractivity contribution in [3.8, 4) is 0 Å². The van der Waals surface area contributed by atoms with Crippen LogP contribution >= 0.6 is 0 Å². The number of para-hydroxylation sites is 2. The molecule has 1 atom stereocenters. The fourth-order valence-corrected chi connectivity index (χ4v) is 3.43. The van der Waals surface area contributed by atoms with Gasteiger partial charge in [0.1, 0.15) is 6.54 Å². The van der Waals surface area contributed by atoms with E-state index in [0.717, 1.165) is 30.3 Å². The highest BCUT2D eigenvalue weighted by Gasteiger charge is 2.21. The average Bonchev–Trinajstić information content (AvgIpc) is 2.98. The summed E-state index contributed by atoms with van der Waals surface area (Å²) in [5, 5.41) is 3.19. The Morgan fingerprint density at radius 3 is 2.96 bits per heavy atom. The number of hydrogen-bond acceptors (Lipinski definition) is 2. The van der Waals surface area contributed by atoms with Gasteiger partial charge in [0.05, 0.1) is 23.4 Å². The first kappa shape index (κ1) is 14.0. The monoisotopic (exact) mass is 305 g/mol. The van der Waals surface area contributed by atoms with Crippen LogP contribution in [0, 0.1) is 0 Å². The van der Waals surface area contributed by atoms with E-state index in [1.54, 1.807) is 6.33 Å². The van der Waals surface area contributed by atoms with Gasteiger partial charge in [-0.15, -0.1) is 0 Å². The summed E-state index contributed by atoms with van der Waals surface area (Å²) in [6.45, 7) is 0.305. The molecule has 0 saturated carbocycles.